The van der Waals surface area contributed by atoms with Crippen LogP contribution in [0.25, 0.3) is 11.3 Å². The molecule has 1 aliphatic rings. The van der Waals surface area contributed by atoms with E-state index in [-0.39, 0.29) is 0 Å². The Morgan fingerprint density at radius 3 is 2.86 bits per heavy atom. The number of benzene rings is 1. The van der Waals surface area contributed by atoms with E-state index in [4.69, 9.17) is 22.3 Å². The van der Waals surface area contributed by atoms with Crippen LogP contribution < -0.4 is 4.74 Å². The Hall–Kier alpha value is -1.42. The fourth-order valence-corrected chi connectivity index (χ4v) is 3.49. The first-order chi connectivity index (χ1) is 10.7. The van der Waals surface area contributed by atoms with E-state index in [1.54, 1.807) is 0 Å². The van der Waals surface area contributed by atoms with Gasteiger partial charge in [0.05, 0.1) is 17.2 Å². The van der Waals surface area contributed by atoms with Crippen LogP contribution in [0.3, 0.4) is 0 Å². The van der Waals surface area contributed by atoms with Gasteiger partial charge in [0.15, 0.2) is 0 Å². The molecule has 0 aliphatic carbocycles. The first-order valence-corrected chi connectivity index (χ1v) is 8.73. The standard InChI is InChI=1S/C18H24N2OS/c1-3-7-13-9-10-14(17(18(13)22)21-4-2)15-12-20-11-6-5-8-16(20)19-15/h9-10,12,22H,3-8,11H2,1-2H3. The number of aryl methyl sites for hydroxylation is 3. The van der Waals surface area contributed by atoms with E-state index < -0.39 is 0 Å². The average Bonchev–Trinajstić information content (AvgIpc) is 2.95. The third kappa shape index (κ3) is 2.89. The minimum Gasteiger partial charge on any atom is -0.492 e. The molecular weight excluding hydrogens is 292 g/mol. The Morgan fingerprint density at radius 1 is 1.27 bits per heavy atom. The molecule has 3 nitrogen and oxygen atoms in total. The summed E-state index contributed by atoms with van der Waals surface area (Å²) in [5.41, 5.74) is 3.33. The van der Waals surface area contributed by atoms with Crippen LogP contribution in [0.2, 0.25) is 0 Å². The van der Waals surface area contributed by atoms with Crippen molar-refractivity contribution in [1.82, 2.24) is 9.55 Å². The zero-order valence-corrected chi connectivity index (χ0v) is 14.3. The maximum absolute atomic E-state index is 5.92. The van der Waals surface area contributed by atoms with Crippen molar-refractivity contribution in [1.29, 1.82) is 0 Å². The molecule has 0 bridgehead atoms. The number of hydrogen-bond acceptors (Lipinski definition) is 3. The second-order valence-electron chi connectivity index (χ2n) is 5.83. The number of ether oxygens (including phenoxy) is 1. The highest BCUT2D eigenvalue weighted by molar-refractivity contribution is 7.80. The molecule has 22 heavy (non-hydrogen) atoms. The van der Waals surface area contributed by atoms with Gasteiger partial charge < -0.3 is 9.30 Å². The molecule has 0 spiro atoms. The molecule has 118 valence electrons. The molecule has 0 atom stereocenters. The summed E-state index contributed by atoms with van der Waals surface area (Å²) in [6, 6.07) is 4.31. The third-order valence-corrected chi connectivity index (χ3v) is 4.70. The van der Waals surface area contributed by atoms with Gasteiger partial charge in [-0.15, -0.1) is 12.6 Å². The normalized spacial score (nSPS) is 14.0. The summed E-state index contributed by atoms with van der Waals surface area (Å²) < 4.78 is 8.20. The van der Waals surface area contributed by atoms with Crippen molar-refractivity contribution in [3.63, 3.8) is 0 Å². The molecule has 0 unspecified atom stereocenters. The van der Waals surface area contributed by atoms with E-state index in [9.17, 15) is 0 Å². The van der Waals surface area contributed by atoms with E-state index in [0.717, 1.165) is 47.7 Å². The fraction of sp³-hybridized carbons (Fsp3) is 0.500. The molecule has 0 fully saturated rings. The lowest BCUT2D eigenvalue weighted by molar-refractivity contribution is 0.333. The van der Waals surface area contributed by atoms with Crippen LogP contribution in [-0.2, 0) is 19.4 Å². The maximum atomic E-state index is 5.92. The summed E-state index contributed by atoms with van der Waals surface area (Å²) in [5.74, 6) is 2.08. The molecule has 4 heteroatoms. The molecule has 3 rings (SSSR count). The van der Waals surface area contributed by atoms with Crippen molar-refractivity contribution in [2.24, 2.45) is 0 Å². The lowest BCUT2D eigenvalue weighted by Crippen LogP contribution is -2.08. The highest BCUT2D eigenvalue weighted by atomic mass is 32.1. The predicted octanol–water partition coefficient (Wildman–Crippen LogP) is 4.53. The van der Waals surface area contributed by atoms with E-state index in [0.29, 0.717) is 6.61 Å². The zero-order chi connectivity index (χ0) is 15.5. The minimum atomic E-state index is 0.643. The number of rotatable bonds is 5. The molecule has 2 heterocycles. The van der Waals surface area contributed by atoms with Gasteiger partial charge in [0.25, 0.3) is 0 Å². The molecule has 0 saturated heterocycles. The number of hydrogen-bond donors (Lipinski definition) is 1. The SMILES string of the molecule is CCCc1ccc(-c2cn3c(n2)CCCC3)c(OCC)c1S. The van der Waals surface area contributed by atoms with Crippen molar-refractivity contribution in [3.8, 4) is 17.0 Å². The lowest BCUT2D eigenvalue weighted by atomic mass is 10.0. The smallest absolute Gasteiger partial charge is 0.142 e. The monoisotopic (exact) mass is 316 g/mol. The predicted molar refractivity (Wildman–Crippen MR) is 93.0 cm³/mol. The quantitative estimate of drug-likeness (QED) is 0.821. The van der Waals surface area contributed by atoms with E-state index in [2.05, 4.69) is 29.8 Å². The van der Waals surface area contributed by atoms with E-state index in [1.165, 1.54) is 24.2 Å². The molecule has 1 aliphatic heterocycles. The fourth-order valence-electron chi connectivity index (χ4n) is 3.12. The molecular formula is C18H24N2OS. The minimum absolute atomic E-state index is 0.643. The Morgan fingerprint density at radius 2 is 2.14 bits per heavy atom. The molecule has 1 aromatic heterocycles. The Kier molecular flexibility index (Phi) is 4.77. The van der Waals surface area contributed by atoms with Crippen molar-refractivity contribution < 1.29 is 4.74 Å². The second-order valence-corrected chi connectivity index (χ2v) is 6.27. The topological polar surface area (TPSA) is 27.1 Å². The molecule has 2 aromatic rings. The van der Waals surface area contributed by atoms with Crippen LogP contribution in [0.4, 0.5) is 0 Å². The van der Waals surface area contributed by atoms with Crippen molar-refractivity contribution in [3.05, 3.63) is 29.7 Å². The second kappa shape index (κ2) is 6.78. The first-order valence-electron chi connectivity index (χ1n) is 8.28. The third-order valence-electron chi connectivity index (χ3n) is 4.21. The number of nitrogens with zero attached hydrogens (tertiary/aromatic N) is 2. The summed E-state index contributed by atoms with van der Waals surface area (Å²) in [6.45, 7) is 5.92. The van der Waals surface area contributed by atoms with Crippen LogP contribution in [0.5, 0.6) is 5.75 Å². The Balaban J connectivity index is 2.05. The Labute approximate surface area is 138 Å². The molecule has 1 aromatic carbocycles. The molecule has 0 saturated carbocycles. The van der Waals surface area contributed by atoms with Crippen LogP contribution in [0, 0.1) is 0 Å². The number of thiol groups is 1. The van der Waals surface area contributed by atoms with Crippen molar-refractivity contribution in [2.45, 2.75) is 57.4 Å². The number of aromatic nitrogens is 2. The van der Waals surface area contributed by atoms with Gasteiger partial charge >= 0.3 is 0 Å². The summed E-state index contributed by atoms with van der Waals surface area (Å²) >= 11 is 4.73. The first kappa shape index (κ1) is 15.5. The van der Waals surface area contributed by atoms with Gasteiger partial charge in [-0.1, -0.05) is 19.4 Å². The average molecular weight is 316 g/mol. The summed E-state index contributed by atoms with van der Waals surface area (Å²) in [7, 11) is 0. The molecule has 0 N–H and O–H groups in total. The van der Waals surface area contributed by atoms with Crippen LogP contribution >= 0.6 is 12.6 Å². The van der Waals surface area contributed by atoms with Crippen molar-refractivity contribution in [2.75, 3.05) is 6.61 Å². The highest BCUT2D eigenvalue weighted by Crippen LogP contribution is 2.38. The van der Waals surface area contributed by atoms with Crippen molar-refractivity contribution >= 4 is 12.6 Å². The van der Waals surface area contributed by atoms with Gasteiger partial charge in [0.2, 0.25) is 0 Å². The van der Waals surface area contributed by atoms with Gasteiger partial charge in [-0.25, -0.2) is 4.98 Å². The largest absolute Gasteiger partial charge is 0.492 e. The van der Waals surface area contributed by atoms with Crippen LogP contribution in [0.1, 0.15) is 44.5 Å². The zero-order valence-electron chi connectivity index (χ0n) is 13.4. The summed E-state index contributed by atoms with van der Waals surface area (Å²) in [5, 5.41) is 0. The van der Waals surface area contributed by atoms with Gasteiger partial charge in [-0.3, -0.25) is 0 Å². The highest BCUT2D eigenvalue weighted by Gasteiger charge is 2.18. The van der Waals surface area contributed by atoms with E-state index in [1.807, 2.05) is 6.92 Å². The molecule has 0 radical (unpaired) electrons. The van der Waals surface area contributed by atoms with Gasteiger partial charge in [-0.05, 0) is 37.8 Å². The van der Waals surface area contributed by atoms with E-state index >= 15 is 0 Å². The van der Waals surface area contributed by atoms with Crippen LogP contribution in [0.15, 0.2) is 23.2 Å². The maximum Gasteiger partial charge on any atom is 0.142 e. The summed E-state index contributed by atoms with van der Waals surface area (Å²) in [4.78, 5) is 5.79. The van der Waals surface area contributed by atoms with Gasteiger partial charge in [-0.2, -0.15) is 0 Å². The van der Waals surface area contributed by atoms with Gasteiger partial charge in [0.1, 0.15) is 11.6 Å². The number of imidazole rings is 1. The van der Waals surface area contributed by atoms with Gasteiger partial charge in [0, 0.05) is 24.7 Å². The lowest BCUT2D eigenvalue weighted by Gasteiger charge is -2.14. The van der Waals surface area contributed by atoms with Crippen LogP contribution in [-0.4, -0.2) is 16.2 Å². The number of fused-ring (bicyclic) bond motifs is 1. The summed E-state index contributed by atoms with van der Waals surface area (Å²) in [6.07, 6.45) is 7.86. The molecule has 0 amide bonds. The Bertz CT molecular complexity index is 640.